The Kier molecular flexibility index (Phi) is 7.12. The van der Waals surface area contributed by atoms with Crippen LogP contribution in [0.3, 0.4) is 0 Å². The van der Waals surface area contributed by atoms with E-state index < -0.39 is 11.7 Å². The van der Waals surface area contributed by atoms with Gasteiger partial charge >= 0.3 is 0 Å². The highest BCUT2D eigenvalue weighted by Crippen LogP contribution is 2.35. The minimum absolute atomic E-state index is 0. The molecule has 5 nitrogen and oxygen atoms in total. The highest BCUT2D eigenvalue weighted by Gasteiger charge is 2.28. The Hall–Kier alpha value is -3.06. The molecule has 1 aliphatic carbocycles. The molecule has 1 saturated carbocycles. The third-order valence-electron chi connectivity index (χ3n) is 6.48. The Bertz CT molecular complexity index is 1240. The van der Waals surface area contributed by atoms with Gasteiger partial charge in [-0.25, -0.2) is 8.78 Å². The van der Waals surface area contributed by atoms with E-state index in [1.165, 1.54) is 31.0 Å². The number of unbranched alkanes of at least 4 members (excludes halogenated alkanes) is 1. The molecule has 0 saturated heterocycles. The van der Waals surface area contributed by atoms with Crippen molar-refractivity contribution >= 4 is 35.3 Å². The van der Waals surface area contributed by atoms with Crippen LogP contribution in [0, 0.1) is 17.6 Å². The van der Waals surface area contributed by atoms with Crippen LogP contribution < -0.4 is 10.5 Å². The Labute approximate surface area is 203 Å². The van der Waals surface area contributed by atoms with Crippen LogP contribution >= 0.6 is 12.4 Å². The largest absolute Gasteiger partial charge is 0.484 e. The number of rotatable bonds is 9. The number of primary amides is 1. The number of carbonyl (C=O) groups is 1. The number of nitrogens with zero attached hydrogens (tertiary/aromatic N) is 2. The fourth-order valence-corrected chi connectivity index (χ4v) is 4.53. The molecule has 0 spiro atoms. The summed E-state index contributed by atoms with van der Waals surface area (Å²) in [5.41, 5.74) is 8.19. The third-order valence-corrected chi connectivity index (χ3v) is 6.48. The molecule has 0 unspecified atom stereocenters. The van der Waals surface area contributed by atoms with Gasteiger partial charge < -0.3 is 19.9 Å². The topological polar surface area (TPSA) is 60.5 Å². The Morgan fingerprint density at radius 1 is 1.15 bits per heavy atom. The lowest BCUT2D eigenvalue weighted by Gasteiger charge is -2.31. The first kappa shape index (κ1) is 24.1. The van der Waals surface area contributed by atoms with Crippen LogP contribution in [0.4, 0.5) is 8.78 Å². The normalized spacial score (nSPS) is 14.7. The number of amides is 1. The predicted molar refractivity (Wildman–Crippen MR) is 131 cm³/mol. The maximum absolute atomic E-state index is 14.2. The van der Waals surface area contributed by atoms with E-state index in [2.05, 4.69) is 9.47 Å². The van der Waals surface area contributed by atoms with Gasteiger partial charge in [-0.3, -0.25) is 4.79 Å². The minimum atomic E-state index is -0.597. The molecule has 0 bridgehead atoms. The van der Waals surface area contributed by atoms with Gasteiger partial charge in [-0.2, -0.15) is 0 Å². The molecule has 1 fully saturated rings. The van der Waals surface area contributed by atoms with Crippen molar-refractivity contribution in [2.45, 2.75) is 32.2 Å². The summed E-state index contributed by atoms with van der Waals surface area (Å²) >= 11 is 0. The van der Waals surface area contributed by atoms with E-state index in [1.54, 1.807) is 6.07 Å². The monoisotopic (exact) mass is 487 g/mol. The number of hydrogen-bond donors (Lipinski definition) is 1. The number of aryl methyl sites for hydroxylation is 1. The number of fused-ring (bicyclic) bond motifs is 2. The molecule has 2 aliphatic rings. The van der Waals surface area contributed by atoms with Crippen LogP contribution in [0.1, 0.15) is 41.6 Å². The second-order valence-electron chi connectivity index (χ2n) is 8.94. The zero-order valence-electron chi connectivity index (χ0n) is 18.8. The van der Waals surface area contributed by atoms with Crippen LogP contribution in [0.5, 0.6) is 5.75 Å². The van der Waals surface area contributed by atoms with E-state index in [-0.39, 0.29) is 36.1 Å². The fraction of sp³-hybridized carbons (Fsp3) is 0.346. The number of aromatic nitrogens is 1. The van der Waals surface area contributed by atoms with Crippen molar-refractivity contribution in [3.05, 3.63) is 71.1 Å². The van der Waals surface area contributed by atoms with Crippen molar-refractivity contribution in [2.75, 3.05) is 19.7 Å². The average Bonchev–Trinajstić information content (AvgIpc) is 3.54. The number of carbonyl (C=O) groups excluding carboxylic acids is 1. The van der Waals surface area contributed by atoms with Gasteiger partial charge in [-0.1, -0.05) is 0 Å². The lowest BCUT2D eigenvalue weighted by molar-refractivity contribution is 0.0999. The third kappa shape index (κ3) is 5.04. The molecule has 0 atom stereocenters. The van der Waals surface area contributed by atoms with Gasteiger partial charge in [0.15, 0.2) is 11.6 Å². The molecule has 1 amide bonds. The van der Waals surface area contributed by atoms with Gasteiger partial charge in [0, 0.05) is 42.3 Å². The second-order valence-corrected chi connectivity index (χ2v) is 8.94. The number of ether oxygens (including phenoxy) is 1. The van der Waals surface area contributed by atoms with Crippen molar-refractivity contribution in [3.63, 3.8) is 0 Å². The molecule has 5 rings (SSSR count). The first-order valence-corrected chi connectivity index (χ1v) is 11.4. The van der Waals surface area contributed by atoms with Gasteiger partial charge in [-0.05, 0) is 74.1 Å². The number of benzene rings is 2. The van der Waals surface area contributed by atoms with Crippen molar-refractivity contribution in [1.29, 1.82) is 0 Å². The summed E-state index contributed by atoms with van der Waals surface area (Å²) < 4.78 is 35.6. The van der Waals surface area contributed by atoms with E-state index in [9.17, 15) is 13.6 Å². The Morgan fingerprint density at radius 3 is 2.74 bits per heavy atom. The Balaban J connectivity index is 0.00000274. The van der Waals surface area contributed by atoms with Crippen LogP contribution in [0.15, 0.2) is 48.3 Å². The van der Waals surface area contributed by atoms with Gasteiger partial charge in [0.05, 0.1) is 11.3 Å². The maximum Gasteiger partial charge on any atom is 0.249 e. The zero-order valence-corrected chi connectivity index (χ0v) is 19.6. The lowest BCUT2D eigenvalue weighted by Crippen LogP contribution is -2.31. The van der Waals surface area contributed by atoms with E-state index in [0.29, 0.717) is 11.5 Å². The van der Waals surface area contributed by atoms with E-state index in [1.807, 2.05) is 24.4 Å². The molecule has 180 valence electrons. The second kappa shape index (κ2) is 10.1. The number of nitrogens with two attached hydrogens (primary N) is 1. The molecular weight excluding hydrogens is 460 g/mol. The molecule has 2 N–H and O–H groups in total. The van der Waals surface area contributed by atoms with Crippen molar-refractivity contribution in [3.8, 4) is 5.75 Å². The summed E-state index contributed by atoms with van der Waals surface area (Å²) in [6, 6.07) is 9.44. The highest BCUT2D eigenvalue weighted by molar-refractivity contribution is 5.98. The van der Waals surface area contributed by atoms with Crippen LogP contribution in [-0.4, -0.2) is 35.1 Å². The Morgan fingerprint density at radius 2 is 1.97 bits per heavy atom. The quantitative estimate of drug-likeness (QED) is 0.413. The molecule has 2 heterocycles. The highest BCUT2D eigenvalue weighted by atomic mass is 35.5. The molecular formula is C26H28ClF2N3O2. The number of hydrogen-bond acceptors (Lipinski definition) is 3. The number of halogens is 3. The maximum atomic E-state index is 14.2. The summed E-state index contributed by atoms with van der Waals surface area (Å²) in [7, 11) is 0. The van der Waals surface area contributed by atoms with E-state index in [4.69, 9.17) is 10.5 Å². The van der Waals surface area contributed by atoms with Crippen molar-refractivity contribution in [1.82, 2.24) is 9.47 Å². The molecule has 34 heavy (non-hydrogen) atoms. The smallest absolute Gasteiger partial charge is 0.249 e. The molecule has 3 aromatic rings. The van der Waals surface area contributed by atoms with Gasteiger partial charge in [0.25, 0.3) is 0 Å². The van der Waals surface area contributed by atoms with Gasteiger partial charge in [0.1, 0.15) is 12.4 Å². The van der Waals surface area contributed by atoms with Gasteiger partial charge in [-0.15, -0.1) is 12.4 Å². The summed E-state index contributed by atoms with van der Waals surface area (Å²) in [5.74, 6) is -0.547. The fourth-order valence-electron chi connectivity index (χ4n) is 4.53. The minimum Gasteiger partial charge on any atom is -0.484 e. The summed E-state index contributed by atoms with van der Waals surface area (Å²) in [6.45, 7) is 2.89. The predicted octanol–water partition coefficient (Wildman–Crippen LogP) is 5.37. The molecule has 8 heteroatoms. The van der Waals surface area contributed by atoms with Gasteiger partial charge in [0.2, 0.25) is 5.91 Å². The van der Waals surface area contributed by atoms with Crippen LogP contribution in [-0.2, 0) is 6.54 Å². The first-order chi connectivity index (χ1) is 16.0. The van der Waals surface area contributed by atoms with E-state index in [0.717, 1.165) is 49.1 Å². The molecule has 2 aromatic carbocycles. The standard InChI is InChI=1S/C26H27F2N3O2.ClH/c27-19-5-8-24-18(13-19)9-12-30(24)10-1-2-11-31(15-17-3-4-17)20-14-22-21(26(29)32)6-7-23(28)25(22)33-16-20;/h5-9,12-14,17H,1-4,10-11,15-16H2,(H2,29,32);1H. The SMILES string of the molecule is Cl.NC(=O)c1ccc(F)c2c1C=C(N(CCCCn1ccc3cc(F)ccc31)CC1CC1)CO2. The van der Waals surface area contributed by atoms with Crippen molar-refractivity contribution in [2.24, 2.45) is 11.7 Å². The molecule has 1 aliphatic heterocycles. The summed E-state index contributed by atoms with van der Waals surface area (Å²) in [6.07, 6.45) is 8.22. The van der Waals surface area contributed by atoms with E-state index >= 15 is 0 Å². The first-order valence-electron chi connectivity index (χ1n) is 11.4. The average molecular weight is 488 g/mol. The van der Waals surface area contributed by atoms with Crippen LogP contribution in [0.25, 0.3) is 17.0 Å². The molecule has 1 aromatic heterocycles. The zero-order chi connectivity index (χ0) is 22.9. The summed E-state index contributed by atoms with van der Waals surface area (Å²) in [5, 5.41) is 0.908. The van der Waals surface area contributed by atoms with Crippen LogP contribution in [0.2, 0.25) is 0 Å². The molecule has 0 radical (unpaired) electrons. The van der Waals surface area contributed by atoms with Crippen molar-refractivity contribution < 1.29 is 18.3 Å². The summed E-state index contributed by atoms with van der Waals surface area (Å²) in [4.78, 5) is 14.2. The lowest BCUT2D eigenvalue weighted by atomic mass is 10.0.